The van der Waals surface area contributed by atoms with E-state index in [0.717, 1.165) is 17.8 Å². The van der Waals surface area contributed by atoms with Crippen LogP contribution in [0, 0.1) is 10.1 Å². The standard InChI is InChI=1S/C20H19N5O4S/c1-23-8-10-24(11-9-23)19(27)14-4-7-16-17(12-14)30-20(21-16)22-18(26)13-2-5-15(6-3-13)25(28)29/h2-7,12H,8-11H2,1H3,(H,21,22,26). The number of aromatic nitrogens is 1. The Labute approximate surface area is 176 Å². The van der Waals surface area contributed by atoms with E-state index in [1.54, 1.807) is 18.2 Å². The van der Waals surface area contributed by atoms with Gasteiger partial charge in [0.25, 0.3) is 17.5 Å². The van der Waals surface area contributed by atoms with E-state index in [-0.39, 0.29) is 11.6 Å². The first kappa shape index (κ1) is 19.9. The first-order chi connectivity index (χ1) is 14.4. The van der Waals surface area contributed by atoms with Crippen molar-refractivity contribution in [1.29, 1.82) is 0 Å². The second-order valence-electron chi connectivity index (χ2n) is 7.06. The summed E-state index contributed by atoms with van der Waals surface area (Å²) >= 11 is 1.28. The number of nitrogens with one attached hydrogen (secondary N) is 1. The number of carbonyl (C=O) groups is 2. The van der Waals surface area contributed by atoms with Crippen LogP contribution < -0.4 is 5.32 Å². The van der Waals surface area contributed by atoms with Gasteiger partial charge in [-0.3, -0.25) is 25.0 Å². The van der Waals surface area contributed by atoms with Crippen LogP contribution in [0.2, 0.25) is 0 Å². The molecule has 1 aliphatic heterocycles. The number of amides is 2. The zero-order chi connectivity index (χ0) is 21.3. The summed E-state index contributed by atoms with van der Waals surface area (Å²) in [4.78, 5) is 43.8. The fourth-order valence-electron chi connectivity index (χ4n) is 3.21. The molecule has 3 aromatic rings. The molecule has 1 fully saturated rings. The van der Waals surface area contributed by atoms with Gasteiger partial charge >= 0.3 is 0 Å². The number of piperazine rings is 1. The Hall–Kier alpha value is -3.37. The van der Waals surface area contributed by atoms with Gasteiger partial charge in [0, 0.05) is 49.4 Å². The average molecular weight is 425 g/mol. The molecule has 30 heavy (non-hydrogen) atoms. The van der Waals surface area contributed by atoms with Crippen LogP contribution in [0.4, 0.5) is 10.8 Å². The lowest BCUT2D eigenvalue weighted by Gasteiger charge is -2.32. The second kappa shape index (κ2) is 8.17. The number of carbonyl (C=O) groups excluding carboxylic acids is 2. The summed E-state index contributed by atoms with van der Waals surface area (Å²) in [5, 5.41) is 13.8. The van der Waals surface area contributed by atoms with Crippen molar-refractivity contribution >= 4 is 44.2 Å². The molecule has 0 unspecified atom stereocenters. The number of hydrogen-bond donors (Lipinski definition) is 1. The molecular weight excluding hydrogens is 406 g/mol. The number of fused-ring (bicyclic) bond motifs is 1. The average Bonchev–Trinajstić information content (AvgIpc) is 3.15. The van der Waals surface area contributed by atoms with Crippen molar-refractivity contribution in [3.63, 3.8) is 0 Å². The monoisotopic (exact) mass is 425 g/mol. The van der Waals surface area contributed by atoms with Gasteiger partial charge in [-0.05, 0) is 37.4 Å². The Balaban J connectivity index is 1.49. The van der Waals surface area contributed by atoms with Crippen molar-refractivity contribution < 1.29 is 14.5 Å². The Kier molecular flexibility index (Phi) is 5.42. The summed E-state index contributed by atoms with van der Waals surface area (Å²) in [6.45, 7) is 3.11. The third-order valence-corrected chi connectivity index (χ3v) is 5.92. The Morgan fingerprint density at radius 1 is 1.07 bits per heavy atom. The lowest BCUT2D eigenvalue weighted by molar-refractivity contribution is -0.384. The summed E-state index contributed by atoms with van der Waals surface area (Å²) in [6, 6.07) is 10.7. The van der Waals surface area contributed by atoms with Gasteiger partial charge < -0.3 is 9.80 Å². The number of anilines is 1. The SMILES string of the molecule is CN1CCN(C(=O)c2ccc3nc(NC(=O)c4ccc([N+](=O)[O-])cc4)sc3c2)CC1. The fourth-order valence-corrected chi connectivity index (χ4v) is 4.11. The molecule has 154 valence electrons. The number of likely N-dealkylation sites (N-methyl/N-ethyl adjacent to an activating group) is 1. The smallest absolute Gasteiger partial charge is 0.269 e. The number of nitro benzene ring substituents is 1. The van der Waals surface area contributed by atoms with Crippen molar-refractivity contribution in [2.24, 2.45) is 0 Å². The normalized spacial score (nSPS) is 14.6. The maximum atomic E-state index is 12.8. The van der Waals surface area contributed by atoms with Crippen molar-refractivity contribution in [3.8, 4) is 0 Å². The maximum absolute atomic E-state index is 12.8. The van der Waals surface area contributed by atoms with Crippen molar-refractivity contribution in [2.75, 3.05) is 38.5 Å². The highest BCUT2D eigenvalue weighted by Crippen LogP contribution is 2.28. The van der Waals surface area contributed by atoms with Gasteiger partial charge in [-0.25, -0.2) is 4.98 Å². The van der Waals surface area contributed by atoms with E-state index >= 15 is 0 Å². The number of benzene rings is 2. The van der Waals surface area contributed by atoms with Crippen LogP contribution in [0.5, 0.6) is 0 Å². The predicted molar refractivity (Wildman–Crippen MR) is 114 cm³/mol. The summed E-state index contributed by atoms with van der Waals surface area (Å²) in [5.41, 5.74) is 1.51. The van der Waals surface area contributed by atoms with E-state index in [9.17, 15) is 19.7 Å². The van der Waals surface area contributed by atoms with E-state index in [4.69, 9.17) is 0 Å². The minimum atomic E-state index is -0.518. The molecule has 0 bridgehead atoms. The first-order valence-corrected chi connectivity index (χ1v) is 10.2. The molecule has 0 spiro atoms. The first-order valence-electron chi connectivity index (χ1n) is 9.35. The summed E-state index contributed by atoms with van der Waals surface area (Å²) in [5.74, 6) is -0.410. The van der Waals surface area contributed by atoms with Gasteiger partial charge in [-0.2, -0.15) is 0 Å². The van der Waals surface area contributed by atoms with Crippen LogP contribution in [-0.4, -0.2) is 64.7 Å². The molecule has 2 heterocycles. The summed E-state index contributed by atoms with van der Waals surface area (Å²) < 4.78 is 0.800. The van der Waals surface area contributed by atoms with Crippen LogP contribution >= 0.6 is 11.3 Å². The van der Waals surface area contributed by atoms with E-state index < -0.39 is 10.8 Å². The molecule has 0 radical (unpaired) electrons. The second-order valence-corrected chi connectivity index (χ2v) is 8.09. The Morgan fingerprint density at radius 2 is 1.73 bits per heavy atom. The highest BCUT2D eigenvalue weighted by Gasteiger charge is 2.21. The number of non-ortho nitro benzene ring substituents is 1. The molecule has 10 heteroatoms. The number of rotatable bonds is 4. The Bertz CT molecular complexity index is 1120. The summed E-state index contributed by atoms with van der Waals surface area (Å²) in [6.07, 6.45) is 0. The topological polar surface area (TPSA) is 109 Å². The molecule has 1 aliphatic rings. The number of hydrogen-bond acceptors (Lipinski definition) is 7. The third-order valence-electron chi connectivity index (χ3n) is 4.99. The highest BCUT2D eigenvalue weighted by molar-refractivity contribution is 7.22. The van der Waals surface area contributed by atoms with Gasteiger partial charge in [0.2, 0.25) is 0 Å². The van der Waals surface area contributed by atoms with Gasteiger partial charge in [0.15, 0.2) is 5.13 Å². The number of nitro groups is 1. The molecule has 0 atom stereocenters. The lowest BCUT2D eigenvalue weighted by atomic mass is 10.1. The van der Waals surface area contributed by atoms with Crippen LogP contribution in [0.3, 0.4) is 0 Å². The largest absolute Gasteiger partial charge is 0.336 e. The summed E-state index contributed by atoms with van der Waals surface area (Å²) in [7, 11) is 2.04. The van der Waals surface area contributed by atoms with E-state index in [0.29, 0.717) is 34.9 Å². The van der Waals surface area contributed by atoms with Crippen LogP contribution in [0.25, 0.3) is 10.2 Å². The molecule has 1 aromatic heterocycles. The van der Waals surface area contributed by atoms with Gasteiger partial charge in [-0.1, -0.05) is 11.3 Å². The maximum Gasteiger partial charge on any atom is 0.269 e. The molecule has 1 saturated heterocycles. The van der Waals surface area contributed by atoms with Crippen LogP contribution in [0.1, 0.15) is 20.7 Å². The van der Waals surface area contributed by atoms with E-state index in [1.807, 2.05) is 11.9 Å². The zero-order valence-electron chi connectivity index (χ0n) is 16.2. The minimum absolute atomic E-state index is 0.00475. The third kappa shape index (κ3) is 4.14. The zero-order valence-corrected chi connectivity index (χ0v) is 17.0. The molecule has 0 saturated carbocycles. The van der Waals surface area contributed by atoms with Crippen LogP contribution in [0.15, 0.2) is 42.5 Å². The van der Waals surface area contributed by atoms with Crippen molar-refractivity contribution in [3.05, 3.63) is 63.7 Å². The molecule has 2 amide bonds. The van der Waals surface area contributed by atoms with Gasteiger partial charge in [-0.15, -0.1) is 0 Å². The predicted octanol–water partition coefficient (Wildman–Crippen LogP) is 2.84. The van der Waals surface area contributed by atoms with Crippen molar-refractivity contribution in [1.82, 2.24) is 14.8 Å². The molecule has 4 rings (SSSR count). The van der Waals surface area contributed by atoms with E-state index in [2.05, 4.69) is 15.2 Å². The molecule has 0 aliphatic carbocycles. The Morgan fingerprint density at radius 3 is 2.40 bits per heavy atom. The number of thiazole rings is 1. The quantitative estimate of drug-likeness (QED) is 0.509. The molecule has 2 aromatic carbocycles. The minimum Gasteiger partial charge on any atom is -0.336 e. The molecule has 9 nitrogen and oxygen atoms in total. The van der Waals surface area contributed by atoms with Crippen molar-refractivity contribution in [2.45, 2.75) is 0 Å². The van der Waals surface area contributed by atoms with Gasteiger partial charge in [0.05, 0.1) is 15.1 Å². The van der Waals surface area contributed by atoms with Crippen LogP contribution in [-0.2, 0) is 0 Å². The number of nitrogens with zero attached hydrogens (tertiary/aromatic N) is 4. The molecule has 1 N–H and O–H groups in total. The van der Waals surface area contributed by atoms with E-state index in [1.165, 1.54) is 35.6 Å². The highest BCUT2D eigenvalue weighted by atomic mass is 32.1. The van der Waals surface area contributed by atoms with Gasteiger partial charge in [0.1, 0.15) is 0 Å². The molecular formula is C20H19N5O4S. The lowest BCUT2D eigenvalue weighted by Crippen LogP contribution is -2.47. The fraction of sp³-hybridized carbons (Fsp3) is 0.250.